The van der Waals surface area contributed by atoms with Crippen molar-refractivity contribution in [3.05, 3.63) is 66.5 Å². The second-order valence-electron chi connectivity index (χ2n) is 9.73. The topological polar surface area (TPSA) is 108 Å². The van der Waals surface area contributed by atoms with Gasteiger partial charge in [0.25, 0.3) is 5.56 Å². The second kappa shape index (κ2) is 11.8. The van der Waals surface area contributed by atoms with Gasteiger partial charge in [0.1, 0.15) is 5.76 Å². The Hall–Kier alpha value is -4.03. The van der Waals surface area contributed by atoms with Crippen molar-refractivity contribution in [2.45, 2.75) is 19.9 Å². The number of methoxy groups -OCH3 is 3. The van der Waals surface area contributed by atoms with Crippen LogP contribution in [0, 0.1) is 0 Å². The molecule has 2 aliphatic heterocycles. The van der Waals surface area contributed by atoms with Crippen LogP contribution >= 0.6 is 11.3 Å². The summed E-state index contributed by atoms with van der Waals surface area (Å²) in [6, 6.07) is 6.42. The minimum Gasteiger partial charge on any atom is -0.493 e. The number of esters is 1. The van der Waals surface area contributed by atoms with Crippen molar-refractivity contribution in [1.29, 1.82) is 0 Å². The molecule has 0 saturated carbocycles. The third-order valence-corrected chi connectivity index (χ3v) is 8.20. The van der Waals surface area contributed by atoms with Crippen LogP contribution in [0.1, 0.15) is 31.2 Å². The molecule has 0 radical (unpaired) electrons. The van der Waals surface area contributed by atoms with E-state index in [1.54, 1.807) is 32.1 Å². The Bertz CT molecular complexity index is 1640. The summed E-state index contributed by atoms with van der Waals surface area (Å²) in [5, 5.41) is 0. The first-order valence-corrected chi connectivity index (χ1v) is 14.1. The van der Waals surface area contributed by atoms with Gasteiger partial charge >= 0.3 is 5.97 Å². The summed E-state index contributed by atoms with van der Waals surface area (Å²) in [6.45, 7) is 7.30. The third kappa shape index (κ3) is 5.36. The summed E-state index contributed by atoms with van der Waals surface area (Å²) in [6.07, 6.45) is 1.72. The number of anilines is 1. The summed E-state index contributed by atoms with van der Waals surface area (Å²) >= 11 is 1.23. The van der Waals surface area contributed by atoms with Gasteiger partial charge in [-0.25, -0.2) is 9.79 Å². The number of hydrogen-bond donors (Lipinski definition) is 0. The number of hydrogen-bond acceptors (Lipinski definition) is 11. The van der Waals surface area contributed by atoms with Gasteiger partial charge in [-0.2, -0.15) is 0 Å². The molecule has 0 aliphatic carbocycles. The van der Waals surface area contributed by atoms with E-state index in [0.717, 1.165) is 32.1 Å². The number of allylic oxidation sites excluding steroid dienone is 1. The van der Waals surface area contributed by atoms with Gasteiger partial charge in [-0.3, -0.25) is 9.36 Å². The molecule has 1 fully saturated rings. The Morgan fingerprint density at radius 2 is 1.78 bits per heavy atom. The highest BCUT2D eigenvalue weighted by atomic mass is 32.1. The van der Waals surface area contributed by atoms with Crippen LogP contribution in [0.5, 0.6) is 17.2 Å². The SMILES string of the molecule is CCOC(=O)C1=C(C)N=c2s/c(=C\c3ccc(N4CCN(C)CC4)o3)c(=O)n2[C@H]1c1cc(OC)c(OC)c(OC)c1. The molecule has 0 amide bonds. The van der Waals surface area contributed by atoms with Crippen molar-refractivity contribution in [1.82, 2.24) is 9.47 Å². The number of thiazole rings is 1. The summed E-state index contributed by atoms with van der Waals surface area (Å²) in [7, 11) is 6.64. The standard InChI is InChI=1S/C29H34N4O7S/c1-7-39-28(35)24-17(2)30-29-33(25(24)18-14-20(36-4)26(38-6)21(15-18)37-5)27(34)22(41-29)16-19-8-9-23(40-19)32-12-10-31(3)11-13-32/h8-9,14-16,25H,7,10-13H2,1-6H3/b22-16-/t25-/m0/s1. The van der Waals surface area contributed by atoms with Crippen molar-refractivity contribution in [3.8, 4) is 17.2 Å². The zero-order valence-corrected chi connectivity index (χ0v) is 24.9. The lowest BCUT2D eigenvalue weighted by atomic mass is 9.95. The minimum absolute atomic E-state index is 0.177. The van der Waals surface area contributed by atoms with Gasteiger partial charge in [0, 0.05) is 38.3 Å². The Morgan fingerprint density at radius 3 is 2.39 bits per heavy atom. The highest BCUT2D eigenvalue weighted by Crippen LogP contribution is 2.42. The Balaban J connectivity index is 1.64. The number of benzene rings is 1. The molecule has 0 bridgehead atoms. The molecule has 218 valence electrons. The zero-order valence-electron chi connectivity index (χ0n) is 24.1. The Labute approximate surface area is 241 Å². The van der Waals surface area contributed by atoms with Gasteiger partial charge in [-0.15, -0.1) is 0 Å². The number of nitrogens with zero attached hydrogens (tertiary/aromatic N) is 4. The van der Waals surface area contributed by atoms with Crippen molar-refractivity contribution in [2.24, 2.45) is 4.99 Å². The molecule has 2 aliphatic rings. The fourth-order valence-electron chi connectivity index (χ4n) is 5.11. The van der Waals surface area contributed by atoms with Gasteiger partial charge in [0.15, 0.2) is 22.2 Å². The molecule has 12 heteroatoms. The van der Waals surface area contributed by atoms with E-state index in [9.17, 15) is 9.59 Å². The molecule has 41 heavy (non-hydrogen) atoms. The van der Waals surface area contributed by atoms with Crippen LogP contribution in [0.25, 0.3) is 6.08 Å². The first kappa shape index (κ1) is 28.5. The van der Waals surface area contributed by atoms with Gasteiger partial charge in [0.05, 0.1) is 49.8 Å². The number of furan rings is 1. The molecule has 0 N–H and O–H groups in total. The van der Waals surface area contributed by atoms with Crippen molar-refractivity contribution in [2.75, 3.05) is 66.1 Å². The van der Waals surface area contributed by atoms with Gasteiger partial charge < -0.3 is 33.2 Å². The predicted molar refractivity (Wildman–Crippen MR) is 155 cm³/mol. The van der Waals surface area contributed by atoms with Crippen LogP contribution in [0.3, 0.4) is 0 Å². The van der Waals surface area contributed by atoms with E-state index >= 15 is 0 Å². The first-order chi connectivity index (χ1) is 19.8. The fraction of sp³-hybridized carbons (Fsp3) is 0.414. The maximum absolute atomic E-state index is 14.0. The number of fused-ring (bicyclic) bond motifs is 1. The van der Waals surface area contributed by atoms with E-state index in [0.29, 0.717) is 43.6 Å². The minimum atomic E-state index is -0.835. The molecule has 2 aromatic heterocycles. The summed E-state index contributed by atoms with van der Waals surface area (Å²) in [5.41, 5.74) is 1.000. The summed E-state index contributed by atoms with van der Waals surface area (Å²) in [4.78, 5) is 36.8. The first-order valence-electron chi connectivity index (χ1n) is 13.3. The van der Waals surface area contributed by atoms with Crippen LogP contribution in [0.4, 0.5) is 5.88 Å². The molecule has 4 heterocycles. The average Bonchev–Trinajstić information content (AvgIpc) is 3.56. The van der Waals surface area contributed by atoms with E-state index in [2.05, 4.69) is 21.8 Å². The predicted octanol–water partition coefficient (Wildman–Crippen LogP) is 2.17. The highest BCUT2D eigenvalue weighted by molar-refractivity contribution is 7.07. The Kier molecular flexibility index (Phi) is 8.22. The van der Waals surface area contributed by atoms with E-state index in [1.807, 2.05) is 12.1 Å². The van der Waals surface area contributed by atoms with E-state index in [4.69, 9.17) is 23.4 Å². The molecule has 1 atom stereocenters. The third-order valence-electron chi connectivity index (χ3n) is 7.22. The van der Waals surface area contributed by atoms with Gasteiger partial charge in [-0.05, 0) is 44.7 Å². The number of rotatable bonds is 8. The molecule has 0 spiro atoms. The maximum Gasteiger partial charge on any atom is 0.338 e. The Morgan fingerprint density at radius 1 is 1.10 bits per heavy atom. The number of piperazine rings is 1. The van der Waals surface area contributed by atoms with Crippen LogP contribution in [-0.2, 0) is 9.53 Å². The lowest BCUT2D eigenvalue weighted by molar-refractivity contribution is -0.139. The van der Waals surface area contributed by atoms with Crippen LogP contribution < -0.4 is 34.0 Å². The van der Waals surface area contributed by atoms with Crippen LogP contribution in [0.2, 0.25) is 0 Å². The molecule has 5 rings (SSSR count). The van der Waals surface area contributed by atoms with Crippen molar-refractivity contribution in [3.63, 3.8) is 0 Å². The second-order valence-corrected chi connectivity index (χ2v) is 10.7. The van der Waals surface area contributed by atoms with Crippen molar-refractivity contribution < 1.29 is 28.2 Å². The number of aromatic nitrogens is 1. The monoisotopic (exact) mass is 582 g/mol. The molecule has 1 saturated heterocycles. The number of likely N-dealkylation sites (N-methyl/N-ethyl adjacent to an activating group) is 1. The summed E-state index contributed by atoms with van der Waals surface area (Å²) < 4.78 is 30.1. The number of carbonyl (C=O) groups is 1. The lowest BCUT2D eigenvalue weighted by Gasteiger charge is -2.32. The average molecular weight is 583 g/mol. The van der Waals surface area contributed by atoms with Crippen LogP contribution in [-0.4, -0.2) is 76.6 Å². The molecule has 11 nitrogen and oxygen atoms in total. The maximum atomic E-state index is 14.0. The highest BCUT2D eigenvalue weighted by Gasteiger charge is 2.34. The van der Waals surface area contributed by atoms with Crippen molar-refractivity contribution >= 4 is 29.3 Å². The normalized spacial score (nSPS) is 17.8. The van der Waals surface area contributed by atoms with Gasteiger partial charge in [-0.1, -0.05) is 11.3 Å². The molecular weight excluding hydrogens is 548 g/mol. The van der Waals surface area contributed by atoms with Gasteiger partial charge in [0.2, 0.25) is 5.75 Å². The molecule has 3 aromatic rings. The summed E-state index contributed by atoms with van der Waals surface area (Å²) in [5.74, 6) is 1.98. The quantitative estimate of drug-likeness (QED) is 0.369. The molecule has 0 unspecified atom stereocenters. The molecule has 1 aromatic carbocycles. The van der Waals surface area contributed by atoms with E-state index < -0.39 is 12.0 Å². The smallest absolute Gasteiger partial charge is 0.338 e. The van der Waals surface area contributed by atoms with E-state index in [1.165, 1.54) is 37.2 Å². The molecular formula is C29H34N4O7S. The fourth-order valence-corrected chi connectivity index (χ4v) is 6.14. The lowest BCUT2D eigenvalue weighted by Crippen LogP contribution is -2.44. The largest absolute Gasteiger partial charge is 0.493 e. The number of carbonyl (C=O) groups excluding carboxylic acids is 1. The number of ether oxygens (including phenoxy) is 4. The zero-order chi connectivity index (χ0) is 29.3. The van der Waals surface area contributed by atoms with Crippen LogP contribution in [0.15, 0.2) is 49.7 Å². The van der Waals surface area contributed by atoms with E-state index in [-0.39, 0.29) is 17.7 Å².